The lowest BCUT2D eigenvalue weighted by Crippen LogP contribution is -2.44. The Labute approximate surface area is 314 Å². The molecule has 4 atom stereocenters. The molecule has 0 aromatic heterocycles. The van der Waals surface area contributed by atoms with E-state index in [9.17, 15) is 24.3 Å². The van der Waals surface area contributed by atoms with Crippen LogP contribution in [0.1, 0.15) is 64.4 Å². The highest BCUT2D eigenvalue weighted by Crippen LogP contribution is 2.54. The molecule has 280 valence electrons. The number of hydrogen-bond donors (Lipinski definition) is 3. The van der Waals surface area contributed by atoms with Gasteiger partial charge in [0.1, 0.15) is 11.5 Å². The number of benzene rings is 4. The van der Waals surface area contributed by atoms with Gasteiger partial charge >= 0.3 is 0 Å². The maximum Gasteiger partial charge on any atom is 0.264 e. The van der Waals surface area contributed by atoms with Gasteiger partial charge in [-0.05, 0) is 104 Å². The van der Waals surface area contributed by atoms with Crippen LogP contribution in [-0.4, -0.2) is 73.2 Å². The first-order valence-electron chi connectivity index (χ1n) is 18.2. The van der Waals surface area contributed by atoms with Gasteiger partial charge in [0, 0.05) is 40.5 Å². The van der Waals surface area contributed by atoms with Crippen molar-refractivity contribution in [1.82, 2.24) is 4.90 Å². The number of aliphatic hydroxyl groups excluding tert-OH is 1. The van der Waals surface area contributed by atoms with Gasteiger partial charge in [-0.15, -0.1) is 0 Å². The molecule has 12 heteroatoms. The Bertz CT molecular complexity index is 2040. The van der Waals surface area contributed by atoms with Crippen molar-refractivity contribution in [3.63, 3.8) is 0 Å². The highest BCUT2D eigenvalue weighted by molar-refractivity contribution is 6.09. The van der Waals surface area contributed by atoms with Crippen molar-refractivity contribution in [3.05, 3.63) is 113 Å². The fourth-order valence-electron chi connectivity index (χ4n) is 7.86. The highest BCUT2D eigenvalue weighted by atomic mass is 16.5. The first kappa shape index (κ1) is 36.6. The third-order valence-corrected chi connectivity index (χ3v) is 10.7. The van der Waals surface area contributed by atoms with E-state index in [1.54, 1.807) is 96.8 Å². The molecule has 1 spiro atoms. The number of nitrogens with zero attached hydrogens (tertiary/aromatic N) is 2. The number of ether oxygens (including phenoxy) is 3. The molecule has 3 N–H and O–H groups in total. The molecular formula is C42H44N4O8. The molecule has 7 rings (SSSR count). The minimum Gasteiger partial charge on any atom is -0.497 e. The van der Waals surface area contributed by atoms with Crippen LogP contribution in [-0.2, 0) is 26.5 Å². The molecule has 4 aromatic rings. The third kappa shape index (κ3) is 7.02. The maximum atomic E-state index is 14.7. The number of carbonyl (C=O) groups is 4. The zero-order valence-corrected chi connectivity index (χ0v) is 30.5. The standard InChI is InChI=1S/C42H44N4O8/c1-26-21-35(23-38(48)45-20-4-5-32(45)25-47)54-42(26)36-22-31(44-40(50)29-10-17-34(53-3)18-11-29)14-19-37(36)46(41(42)51)24-27-6-12-30(13-7-27)43-39(49)28-8-15-33(52-2)16-9-28/h6-19,22,26,32,35,47H,4-5,20-21,23-25H2,1-3H3,(H,43,49)(H,44,50)/t26-,32+,35-,42+/m1/s1. The monoisotopic (exact) mass is 732 g/mol. The Morgan fingerprint density at radius 1 is 0.852 bits per heavy atom. The maximum absolute atomic E-state index is 14.7. The Kier molecular flexibility index (Phi) is 10.4. The minimum absolute atomic E-state index is 0.0839. The molecule has 3 aliphatic rings. The minimum atomic E-state index is -1.38. The summed E-state index contributed by atoms with van der Waals surface area (Å²) in [5.74, 6) is 0.0806. The number of likely N-dealkylation sites (tertiary alicyclic amines) is 1. The molecule has 4 amide bonds. The summed E-state index contributed by atoms with van der Waals surface area (Å²) in [6, 6.07) is 26.1. The van der Waals surface area contributed by atoms with Gasteiger partial charge in [0.25, 0.3) is 17.7 Å². The molecule has 3 aliphatic heterocycles. The average Bonchev–Trinajstić information content (AvgIpc) is 3.87. The number of amides is 4. The van der Waals surface area contributed by atoms with E-state index in [2.05, 4.69) is 10.6 Å². The van der Waals surface area contributed by atoms with Gasteiger partial charge < -0.3 is 39.8 Å². The quantitative estimate of drug-likeness (QED) is 0.177. The fraction of sp³-hybridized carbons (Fsp3) is 0.333. The first-order chi connectivity index (χ1) is 26.1. The second kappa shape index (κ2) is 15.3. The largest absolute Gasteiger partial charge is 0.497 e. The lowest BCUT2D eigenvalue weighted by molar-refractivity contribution is -0.150. The first-order valence-corrected chi connectivity index (χ1v) is 18.2. The Hall–Kier alpha value is -5.72. The summed E-state index contributed by atoms with van der Waals surface area (Å²) in [6.45, 7) is 2.70. The average molecular weight is 733 g/mol. The molecule has 0 bridgehead atoms. The van der Waals surface area contributed by atoms with E-state index in [1.165, 1.54) is 0 Å². The summed E-state index contributed by atoms with van der Waals surface area (Å²) < 4.78 is 17.1. The van der Waals surface area contributed by atoms with E-state index in [0.29, 0.717) is 58.2 Å². The van der Waals surface area contributed by atoms with Gasteiger partial charge in [-0.3, -0.25) is 19.2 Å². The molecule has 12 nitrogen and oxygen atoms in total. The zero-order valence-electron chi connectivity index (χ0n) is 30.5. The van der Waals surface area contributed by atoms with Crippen LogP contribution in [0.3, 0.4) is 0 Å². The molecule has 0 unspecified atom stereocenters. The van der Waals surface area contributed by atoms with Crippen molar-refractivity contribution in [1.29, 1.82) is 0 Å². The predicted molar refractivity (Wildman–Crippen MR) is 203 cm³/mol. The van der Waals surface area contributed by atoms with Crippen molar-refractivity contribution < 1.29 is 38.5 Å². The summed E-state index contributed by atoms with van der Waals surface area (Å²) in [5.41, 5.74) is 2.75. The van der Waals surface area contributed by atoms with E-state index >= 15 is 0 Å². The van der Waals surface area contributed by atoms with Crippen LogP contribution in [0.4, 0.5) is 17.1 Å². The topological polar surface area (TPSA) is 147 Å². The van der Waals surface area contributed by atoms with Crippen molar-refractivity contribution >= 4 is 40.7 Å². The van der Waals surface area contributed by atoms with Crippen molar-refractivity contribution in [3.8, 4) is 11.5 Å². The number of hydrogen-bond acceptors (Lipinski definition) is 8. The van der Waals surface area contributed by atoms with E-state index in [1.807, 2.05) is 25.1 Å². The van der Waals surface area contributed by atoms with Crippen LogP contribution in [0.25, 0.3) is 0 Å². The Morgan fingerprint density at radius 2 is 1.44 bits per heavy atom. The second-order valence-corrected chi connectivity index (χ2v) is 14.1. The molecule has 4 aromatic carbocycles. The van der Waals surface area contributed by atoms with Crippen LogP contribution in [0, 0.1) is 5.92 Å². The van der Waals surface area contributed by atoms with E-state index in [0.717, 1.165) is 18.4 Å². The second-order valence-electron chi connectivity index (χ2n) is 14.1. The van der Waals surface area contributed by atoms with Gasteiger partial charge in [0.05, 0.1) is 51.6 Å². The zero-order chi connectivity index (χ0) is 38.0. The number of nitrogens with one attached hydrogen (secondary N) is 2. The predicted octanol–water partition coefficient (Wildman–Crippen LogP) is 5.75. The lowest BCUT2D eigenvalue weighted by atomic mass is 9.82. The summed E-state index contributed by atoms with van der Waals surface area (Å²) >= 11 is 0. The molecule has 0 saturated carbocycles. The smallest absolute Gasteiger partial charge is 0.264 e. The molecule has 54 heavy (non-hydrogen) atoms. The van der Waals surface area contributed by atoms with Crippen LogP contribution in [0.5, 0.6) is 11.5 Å². The van der Waals surface area contributed by atoms with Crippen LogP contribution < -0.4 is 25.0 Å². The van der Waals surface area contributed by atoms with Gasteiger partial charge in [-0.2, -0.15) is 0 Å². The van der Waals surface area contributed by atoms with E-state index in [4.69, 9.17) is 14.2 Å². The Morgan fingerprint density at radius 3 is 2.04 bits per heavy atom. The van der Waals surface area contributed by atoms with E-state index < -0.39 is 11.7 Å². The normalized spacial score (nSPS) is 21.6. The summed E-state index contributed by atoms with van der Waals surface area (Å²) in [7, 11) is 3.13. The number of carbonyl (C=O) groups excluding carboxylic acids is 4. The van der Waals surface area contributed by atoms with Crippen molar-refractivity contribution in [2.75, 3.05) is 42.9 Å². The van der Waals surface area contributed by atoms with Crippen LogP contribution >= 0.6 is 0 Å². The number of methoxy groups -OCH3 is 2. The summed E-state index contributed by atoms with van der Waals surface area (Å²) in [6.07, 6.45) is 1.66. The third-order valence-electron chi connectivity index (χ3n) is 10.7. The molecule has 0 aliphatic carbocycles. The van der Waals surface area contributed by atoms with Crippen molar-refractivity contribution in [2.45, 2.75) is 56.9 Å². The lowest BCUT2D eigenvalue weighted by Gasteiger charge is -2.29. The van der Waals surface area contributed by atoms with Crippen LogP contribution in [0.15, 0.2) is 91.0 Å². The number of anilines is 3. The SMILES string of the molecule is COc1ccc(C(=O)Nc2ccc(CN3C(=O)[C@@]4(O[C@@H](CC(=O)N5CCC[C@H]5CO)C[C@H]4C)c4cc(NC(=O)c5ccc(OC)cc5)ccc43)cc2)cc1. The molecule has 2 fully saturated rings. The number of fused-ring (bicyclic) bond motifs is 2. The molecule has 3 heterocycles. The number of rotatable bonds is 11. The van der Waals surface area contributed by atoms with E-state index in [-0.39, 0.29) is 55.2 Å². The van der Waals surface area contributed by atoms with Gasteiger partial charge in [-0.1, -0.05) is 19.1 Å². The Balaban J connectivity index is 1.14. The highest BCUT2D eigenvalue weighted by Gasteiger charge is 2.60. The van der Waals surface area contributed by atoms with Gasteiger partial charge in [0.2, 0.25) is 5.91 Å². The summed E-state index contributed by atoms with van der Waals surface area (Å²) in [5, 5.41) is 15.7. The molecule has 0 radical (unpaired) electrons. The van der Waals surface area contributed by atoms with Crippen molar-refractivity contribution in [2.24, 2.45) is 5.92 Å². The molecular weight excluding hydrogens is 688 g/mol. The molecule has 2 saturated heterocycles. The fourth-order valence-corrected chi connectivity index (χ4v) is 7.86. The van der Waals surface area contributed by atoms with Gasteiger partial charge in [0.15, 0.2) is 5.60 Å². The van der Waals surface area contributed by atoms with Crippen LogP contribution in [0.2, 0.25) is 0 Å². The number of aliphatic hydroxyl groups is 1. The summed E-state index contributed by atoms with van der Waals surface area (Å²) in [4.78, 5) is 57.7. The van der Waals surface area contributed by atoms with Gasteiger partial charge in [-0.25, -0.2) is 0 Å².